The Morgan fingerprint density at radius 3 is 3.06 bits per heavy atom. The van der Waals surface area contributed by atoms with Gasteiger partial charge in [-0.25, -0.2) is 0 Å². The van der Waals surface area contributed by atoms with Crippen LogP contribution in [0.5, 0.6) is 0 Å². The first-order chi connectivity index (χ1) is 8.74. The molecule has 4 fully saturated rings. The van der Waals surface area contributed by atoms with Gasteiger partial charge in [-0.1, -0.05) is 0 Å². The van der Waals surface area contributed by atoms with Gasteiger partial charge in [-0.3, -0.25) is 4.90 Å². The number of hydrogen-bond acceptors (Lipinski definition) is 4. The molecule has 0 saturated carbocycles. The molecule has 4 aliphatic rings. The second-order valence-corrected chi connectivity index (χ2v) is 7.14. The van der Waals surface area contributed by atoms with Gasteiger partial charge >= 0.3 is 0 Å². The molecule has 4 atom stereocenters. The normalized spacial score (nSPS) is 48.8. The lowest BCUT2D eigenvalue weighted by Gasteiger charge is -2.48. The first-order valence-electron chi connectivity index (χ1n) is 7.64. The summed E-state index contributed by atoms with van der Waals surface area (Å²) in [6.45, 7) is 7.76. The molecule has 18 heavy (non-hydrogen) atoms. The fraction of sp³-hybridized carbons (Fsp3) is 1.00. The second kappa shape index (κ2) is 4.17. The molecule has 0 aromatic rings. The number of hydrogen-bond donors (Lipinski definition) is 2. The molecule has 4 saturated heterocycles. The average molecular weight is 250 g/mol. The van der Waals surface area contributed by atoms with E-state index in [0.29, 0.717) is 11.6 Å². The van der Waals surface area contributed by atoms with Crippen molar-refractivity contribution in [3.05, 3.63) is 0 Å². The van der Waals surface area contributed by atoms with Gasteiger partial charge in [0.15, 0.2) is 0 Å². The molecule has 0 aliphatic carbocycles. The predicted octanol–water partition coefficient (Wildman–Crippen LogP) is -0.0786. The minimum atomic E-state index is 0.585. The summed E-state index contributed by atoms with van der Waals surface area (Å²) in [7, 11) is 2.28. The summed E-state index contributed by atoms with van der Waals surface area (Å²) in [5.41, 5.74) is 0.585. The van der Waals surface area contributed by atoms with Crippen molar-refractivity contribution < 1.29 is 0 Å². The lowest BCUT2D eigenvalue weighted by atomic mass is 9.78. The highest BCUT2D eigenvalue weighted by molar-refractivity contribution is 5.01. The molecule has 4 aliphatic heterocycles. The van der Waals surface area contributed by atoms with E-state index in [-0.39, 0.29) is 0 Å². The van der Waals surface area contributed by atoms with Crippen molar-refractivity contribution in [2.24, 2.45) is 11.3 Å². The maximum absolute atomic E-state index is 3.64. The van der Waals surface area contributed by atoms with E-state index in [1.54, 1.807) is 0 Å². The number of fused-ring (bicyclic) bond motifs is 3. The predicted molar refractivity (Wildman–Crippen MR) is 72.4 cm³/mol. The zero-order valence-corrected chi connectivity index (χ0v) is 11.5. The van der Waals surface area contributed by atoms with Crippen molar-refractivity contribution in [1.82, 2.24) is 20.4 Å². The Morgan fingerprint density at radius 2 is 2.28 bits per heavy atom. The topological polar surface area (TPSA) is 30.5 Å². The molecule has 4 heteroatoms. The number of nitrogens with zero attached hydrogens (tertiary/aromatic N) is 2. The van der Waals surface area contributed by atoms with E-state index in [1.165, 1.54) is 58.5 Å². The van der Waals surface area contributed by atoms with E-state index in [4.69, 9.17) is 0 Å². The monoisotopic (exact) mass is 250 g/mol. The third kappa shape index (κ3) is 1.82. The zero-order valence-electron chi connectivity index (χ0n) is 11.5. The van der Waals surface area contributed by atoms with Crippen LogP contribution in [0.4, 0.5) is 0 Å². The summed E-state index contributed by atoms with van der Waals surface area (Å²) in [4.78, 5) is 5.27. The SMILES string of the molecule is CN1CC2(CN3CC[C@H]4CN[C@H]4C3)CCNC1C2. The van der Waals surface area contributed by atoms with Gasteiger partial charge in [0.25, 0.3) is 0 Å². The standard InChI is InChI=1S/C14H26N4/c1-17-9-14(3-4-15-13(17)6-14)10-18-5-2-11-7-16-12(11)8-18/h11-13,15-16H,2-10H2,1H3/t11-,12-,13?,14?/m0/s1. The first-order valence-corrected chi connectivity index (χ1v) is 7.64. The Morgan fingerprint density at radius 1 is 1.33 bits per heavy atom. The largest absolute Gasteiger partial charge is 0.312 e. The van der Waals surface area contributed by atoms with E-state index in [9.17, 15) is 0 Å². The number of piperidine rings is 2. The van der Waals surface area contributed by atoms with E-state index in [1.807, 2.05) is 0 Å². The van der Waals surface area contributed by atoms with E-state index in [0.717, 1.165) is 12.0 Å². The van der Waals surface area contributed by atoms with Gasteiger partial charge in [0.1, 0.15) is 0 Å². The molecule has 2 bridgehead atoms. The fourth-order valence-electron chi connectivity index (χ4n) is 4.68. The third-order valence-corrected chi connectivity index (χ3v) is 5.82. The second-order valence-electron chi connectivity index (χ2n) is 7.14. The van der Waals surface area contributed by atoms with Gasteiger partial charge < -0.3 is 15.5 Å². The quantitative estimate of drug-likeness (QED) is 0.718. The molecule has 0 amide bonds. The summed E-state index contributed by atoms with van der Waals surface area (Å²) in [5, 5.41) is 7.24. The van der Waals surface area contributed by atoms with Crippen LogP contribution in [-0.4, -0.2) is 68.3 Å². The van der Waals surface area contributed by atoms with Gasteiger partial charge in [0.05, 0.1) is 6.17 Å². The Hall–Kier alpha value is -0.160. The maximum atomic E-state index is 3.64. The minimum Gasteiger partial charge on any atom is -0.312 e. The van der Waals surface area contributed by atoms with Crippen molar-refractivity contribution in [3.8, 4) is 0 Å². The summed E-state index contributed by atoms with van der Waals surface area (Å²) in [5.74, 6) is 0.991. The Bertz CT molecular complexity index is 330. The minimum absolute atomic E-state index is 0.585. The van der Waals surface area contributed by atoms with Crippen molar-refractivity contribution in [1.29, 1.82) is 0 Å². The smallest absolute Gasteiger partial charge is 0.0601 e. The lowest BCUT2D eigenvalue weighted by Crippen LogP contribution is -2.63. The molecule has 4 rings (SSSR count). The van der Waals surface area contributed by atoms with Crippen LogP contribution < -0.4 is 10.6 Å². The van der Waals surface area contributed by atoms with Crippen molar-refractivity contribution in [2.75, 3.05) is 46.3 Å². The number of rotatable bonds is 2. The van der Waals surface area contributed by atoms with Crippen LogP contribution in [0, 0.1) is 11.3 Å². The van der Waals surface area contributed by atoms with Crippen LogP contribution in [0.2, 0.25) is 0 Å². The van der Waals surface area contributed by atoms with Gasteiger partial charge in [-0.2, -0.15) is 0 Å². The Balaban J connectivity index is 1.41. The summed E-state index contributed by atoms with van der Waals surface area (Å²) in [6.07, 6.45) is 4.80. The van der Waals surface area contributed by atoms with E-state index < -0.39 is 0 Å². The van der Waals surface area contributed by atoms with Crippen molar-refractivity contribution in [2.45, 2.75) is 31.5 Å². The highest BCUT2D eigenvalue weighted by atomic mass is 15.3. The molecular weight excluding hydrogens is 224 g/mol. The summed E-state index contributed by atoms with van der Waals surface area (Å²) >= 11 is 0. The number of nitrogens with one attached hydrogen (secondary N) is 2. The summed E-state index contributed by atoms with van der Waals surface area (Å²) in [6, 6.07) is 0.812. The number of likely N-dealkylation sites (tertiary alicyclic amines) is 2. The maximum Gasteiger partial charge on any atom is 0.0601 e. The molecular formula is C14H26N4. The van der Waals surface area contributed by atoms with Crippen LogP contribution >= 0.6 is 0 Å². The molecule has 4 nitrogen and oxygen atoms in total. The van der Waals surface area contributed by atoms with Crippen LogP contribution in [0.25, 0.3) is 0 Å². The lowest BCUT2D eigenvalue weighted by molar-refractivity contribution is 0.0484. The summed E-state index contributed by atoms with van der Waals surface area (Å²) < 4.78 is 0. The van der Waals surface area contributed by atoms with E-state index >= 15 is 0 Å². The highest BCUT2D eigenvalue weighted by Gasteiger charge is 2.47. The van der Waals surface area contributed by atoms with Crippen LogP contribution in [0.3, 0.4) is 0 Å². The fourth-order valence-corrected chi connectivity index (χ4v) is 4.68. The average Bonchev–Trinajstić information content (AvgIpc) is 2.53. The van der Waals surface area contributed by atoms with Crippen molar-refractivity contribution >= 4 is 0 Å². The van der Waals surface area contributed by atoms with Gasteiger partial charge in [-0.15, -0.1) is 0 Å². The van der Waals surface area contributed by atoms with Gasteiger partial charge in [0, 0.05) is 25.7 Å². The molecule has 0 aromatic heterocycles. The van der Waals surface area contributed by atoms with Crippen LogP contribution in [-0.2, 0) is 0 Å². The first kappa shape index (κ1) is 11.6. The zero-order chi connectivity index (χ0) is 12.2. The molecule has 0 spiro atoms. The Labute approximate surface area is 110 Å². The van der Waals surface area contributed by atoms with Gasteiger partial charge in [-0.05, 0) is 57.3 Å². The molecule has 0 aromatic carbocycles. The molecule has 102 valence electrons. The Kier molecular flexibility index (Phi) is 2.70. The van der Waals surface area contributed by atoms with Crippen LogP contribution in [0.1, 0.15) is 19.3 Å². The molecule has 0 radical (unpaired) electrons. The molecule has 2 unspecified atom stereocenters. The van der Waals surface area contributed by atoms with Gasteiger partial charge in [0.2, 0.25) is 0 Å². The highest BCUT2D eigenvalue weighted by Crippen LogP contribution is 2.40. The molecule has 2 N–H and O–H groups in total. The van der Waals surface area contributed by atoms with Crippen LogP contribution in [0.15, 0.2) is 0 Å². The van der Waals surface area contributed by atoms with E-state index in [2.05, 4.69) is 27.5 Å². The molecule has 4 heterocycles. The van der Waals surface area contributed by atoms with Crippen molar-refractivity contribution in [3.63, 3.8) is 0 Å². The third-order valence-electron chi connectivity index (χ3n) is 5.82.